The van der Waals surface area contributed by atoms with Crippen molar-refractivity contribution in [3.63, 3.8) is 0 Å². The van der Waals surface area contributed by atoms with Crippen molar-refractivity contribution in [3.05, 3.63) is 41.5 Å². The average molecular weight is 357 g/mol. The van der Waals surface area contributed by atoms with E-state index in [0.717, 1.165) is 24.1 Å². The van der Waals surface area contributed by atoms with E-state index in [-0.39, 0.29) is 28.7 Å². The first-order valence-electron chi connectivity index (χ1n) is 8.28. The fraction of sp³-hybridized carbons (Fsp3) is 0.316. The molecule has 1 aliphatic carbocycles. The summed E-state index contributed by atoms with van der Waals surface area (Å²) in [5, 5.41) is 0.697. The molecule has 0 saturated heterocycles. The van der Waals surface area contributed by atoms with Gasteiger partial charge in [-0.15, -0.1) is 0 Å². The second-order valence-corrected chi connectivity index (χ2v) is 6.31. The topological polar surface area (TPSA) is 57.1 Å². The van der Waals surface area contributed by atoms with Gasteiger partial charge >= 0.3 is 0 Å². The van der Waals surface area contributed by atoms with E-state index in [9.17, 15) is 8.78 Å². The van der Waals surface area contributed by atoms with Crippen molar-refractivity contribution in [2.45, 2.75) is 25.7 Å². The molecule has 1 aliphatic rings. The van der Waals surface area contributed by atoms with Crippen molar-refractivity contribution in [1.82, 2.24) is 15.0 Å². The lowest BCUT2D eigenvalue weighted by atomic mass is 10.0. The quantitative estimate of drug-likeness (QED) is 0.701. The molecule has 0 spiro atoms. The zero-order valence-corrected chi connectivity index (χ0v) is 14.6. The summed E-state index contributed by atoms with van der Waals surface area (Å²) in [4.78, 5) is 13.2. The van der Waals surface area contributed by atoms with E-state index in [1.807, 2.05) is 0 Å². The maximum atomic E-state index is 14.9. The van der Waals surface area contributed by atoms with Gasteiger partial charge in [0.1, 0.15) is 5.82 Å². The Balaban J connectivity index is 2.02. The molecule has 134 valence electrons. The smallest absolute Gasteiger partial charge is 0.177 e. The summed E-state index contributed by atoms with van der Waals surface area (Å²) in [6, 6.07) is 2.78. The summed E-state index contributed by atoms with van der Waals surface area (Å²) in [6.45, 7) is 1.80. The molecular weight excluding hydrogens is 340 g/mol. The van der Waals surface area contributed by atoms with Crippen molar-refractivity contribution >= 4 is 10.9 Å². The second kappa shape index (κ2) is 6.16. The van der Waals surface area contributed by atoms with Crippen molar-refractivity contribution in [1.29, 1.82) is 0 Å². The first kappa shape index (κ1) is 16.6. The van der Waals surface area contributed by atoms with Crippen LogP contribution in [0.15, 0.2) is 18.3 Å². The van der Waals surface area contributed by atoms with Crippen molar-refractivity contribution < 1.29 is 18.3 Å². The minimum Gasteiger partial charge on any atom is -0.494 e. The van der Waals surface area contributed by atoms with E-state index in [4.69, 9.17) is 9.47 Å². The van der Waals surface area contributed by atoms with Gasteiger partial charge in [-0.1, -0.05) is 0 Å². The van der Waals surface area contributed by atoms with E-state index < -0.39 is 11.6 Å². The van der Waals surface area contributed by atoms with Crippen LogP contribution in [0.25, 0.3) is 22.2 Å². The highest BCUT2D eigenvalue weighted by Gasteiger charge is 2.30. The monoisotopic (exact) mass is 357 g/mol. The lowest BCUT2D eigenvalue weighted by molar-refractivity contribution is 0.359. The molecule has 0 N–H and O–H groups in total. The Morgan fingerprint density at radius 3 is 2.23 bits per heavy atom. The van der Waals surface area contributed by atoms with Crippen LogP contribution < -0.4 is 9.47 Å². The molecule has 3 aromatic rings. The summed E-state index contributed by atoms with van der Waals surface area (Å²) in [6.07, 6.45) is 3.63. The first-order chi connectivity index (χ1) is 12.5. The Bertz CT molecular complexity index is 991. The molecule has 2 heterocycles. The average Bonchev–Trinajstić information content (AvgIpc) is 3.47. The molecule has 1 saturated carbocycles. The summed E-state index contributed by atoms with van der Waals surface area (Å²) < 4.78 is 39.8. The van der Waals surface area contributed by atoms with E-state index in [1.54, 1.807) is 19.2 Å². The van der Waals surface area contributed by atoms with Crippen molar-refractivity contribution in [2.75, 3.05) is 14.2 Å². The fourth-order valence-electron chi connectivity index (χ4n) is 3.03. The second-order valence-electron chi connectivity index (χ2n) is 6.31. The molecule has 2 aromatic heterocycles. The number of nitrogens with zero attached hydrogens (tertiary/aromatic N) is 3. The van der Waals surface area contributed by atoms with E-state index in [1.165, 1.54) is 20.3 Å². The van der Waals surface area contributed by atoms with Gasteiger partial charge < -0.3 is 9.47 Å². The molecule has 0 bridgehead atoms. The summed E-state index contributed by atoms with van der Waals surface area (Å²) in [7, 11) is 2.64. The van der Waals surface area contributed by atoms with Gasteiger partial charge in [-0.25, -0.2) is 18.7 Å². The third-order valence-electron chi connectivity index (χ3n) is 4.51. The molecule has 0 amide bonds. The van der Waals surface area contributed by atoms with Gasteiger partial charge in [-0.3, -0.25) is 4.98 Å². The van der Waals surface area contributed by atoms with Gasteiger partial charge in [0.25, 0.3) is 0 Å². The minimum absolute atomic E-state index is 0.103. The van der Waals surface area contributed by atoms with Crippen LogP contribution in [0.4, 0.5) is 8.78 Å². The van der Waals surface area contributed by atoms with E-state index in [2.05, 4.69) is 15.0 Å². The maximum Gasteiger partial charge on any atom is 0.177 e. The third kappa shape index (κ3) is 2.64. The van der Waals surface area contributed by atoms with Crippen LogP contribution in [-0.2, 0) is 0 Å². The van der Waals surface area contributed by atoms with Crippen LogP contribution in [-0.4, -0.2) is 29.2 Å². The maximum absolute atomic E-state index is 14.9. The molecule has 1 fully saturated rings. The Morgan fingerprint density at radius 1 is 1.00 bits per heavy atom. The normalized spacial score (nSPS) is 13.9. The number of hydrogen-bond acceptors (Lipinski definition) is 5. The number of hydrogen-bond donors (Lipinski definition) is 0. The number of methoxy groups -OCH3 is 2. The van der Waals surface area contributed by atoms with Crippen LogP contribution in [0.5, 0.6) is 11.5 Å². The SMILES string of the molecule is COc1cc(OC)c(F)c(-c2cc3cnc(C)nc3c(C3CC3)n2)c1F. The van der Waals surface area contributed by atoms with Gasteiger partial charge in [-0.05, 0) is 25.8 Å². The molecule has 1 aromatic carbocycles. The highest BCUT2D eigenvalue weighted by atomic mass is 19.1. The zero-order valence-electron chi connectivity index (χ0n) is 14.6. The Hall–Kier alpha value is -2.83. The Labute approximate surface area is 149 Å². The predicted octanol–water partition coefficient (Wildman–Crippen LogP) is 4.17. The summed E-state index contributed by atoms with van der Waals surface area (Å²) in [5.74, 6) is -0.943. The van der Waals surface area contributed by atoms with Crippen molar-refractivity contribution in [2.24, 2.45) is 0 Å². The Kier molecular flexibility index (Phi) is 3.94. The first-order valence-corrected chi connectivity index (χ1v) is 8.28. The highest BCUT2D eigenvalue weighted by molar-refractivity contribution is 5.85. The fourth-order valence-corrected chi connectivity index (χ4v) is 3.03. The lowest BCUT2D eigenvalue weighted by Crippen LogP contribution is -2.03. The van der Waals surface area contributed by atoms with Crippen LogP contribution >= 0.6 is 0 Å². The van der Waals surface area contributed by atoms with Crippen LogP contribution in [0.2, 0.25) is 0 Å². The number of pyridine rings is 1. The summed E-state index contributed by atoms with van der Waals surface area (Å²) in [5.41, 5.74) is 1.40. The standard InChI is InChI=1S/C19H17F2N3O2/c1-9-22-8-11-6-12(24-18(10-4-5-10)19(11)23-9)15-16(20)13(25-2)7-14(26-3)17(15)21/h6-8,10H,4-5H2,1-3H3. The third-order valence-corrected chi connectivity index (χ3v) is 4.51. The largest absolute Gasteiger partial charge is 0.494 e. The van der Waals surface area contributed by atoms with E-state index in [0.29, 0.717) is 11.2 Å². The van der Waals surface area contributed by atoms with Gasteiger partial charge in [0.15, 0.2) is 23.1 Å². The number of aryl methyl sites for hydroxylation is 1. The molecule has 5 nitrogen and oxygen atoms in total. The molecule has 7 heteroatoms. The van der Waals surface area contributed by atoms with E-state index >= 15 is 0 Å². The molecule has 26 heavy (non-hydrogen) atoms. The molecule has 0 atom stereocenters. The zero-order chi connectivity index (χ0) is 18.4. The molecule has 0 unspecified atom stereocenters. The Morgan fingerprint density at radius 2 is 1.65 bits per heavy atom. The number of benzene rings is 1. The molecule has 4 rings (SSSR count). The number of ether oxygens (including phenoxy) is 2. The predicted molar refractivity (Wildman–Crippen MR) is 92.5 cm³/mol. The van der Waals surface area contributed by atoms with Crippen LogP contribution in [0.3, 0.4) is 0 Å². The number of fused-ring (bicyclic) bond motifs is 1. The molecule has 0 aliphatic heterocycles. The highest BCUT2D eigenvalue weighted by Crippen LogP contribution is 2.44. The van der Waals surface area contributed by atoms with Gasteiger partial charge in [-0.2, -0.15) is 0 Å². The lowest BCUT2D eigenvalue weighted by Gasteiger charge is -2.14. The van der Waals surface area contributed by atoms with Gasteiger partial charge in [0.05, 0.1) is 36.7 Å². The minimum atomic E-state index is -0.813. The molecular formula is C19H17F2N3O2. The molecule has 0 radical (unpaired) electrons. The van der Waals surface area contributed by atoms with Gasteiger partial charge in [0, 0.05) is 23.6 Å². The number of aromatic nitrogens is 3. The number of rotatable bonds is 4. The van der Waals surface area contributed by atoms with Crippen molar-refractivity contribution in [3.8, 4) is 22.8 Å². The summed E-state index contributed by atoms with van der Waals surface area (Å²) >= 11 is 0. The van der Waals surface area contributed by atoms with Crippen LogP contribution in [0.1, 0.15) is 30.3 Å². The van der Waals surface area contributed by atoms with Gasteiger partial charge in [0.2, 0.25) is 0 Å². The van der Waals surface area contributed by atoms with Crippen LogP contribution in [0, 0.1) is 18.6 Å². The number of halogens is 2.